The van der Waals surface area contributed by atoms with Gasteiger partial charge in [0, 0.05) is 25.8 Å². The number of aromatic nitrogens is 2. The minimum absolute atomic E-state index is 0. The van der Waals surface area contributed by atoms with Crippen molar-refractivity contribution >= 4 is 29.9 Å². The van der Waals surface area contributed by atoms with Crippen molar-refractivity contribution in [1.29, 1.82) is 0 Å². The molecule has 1 aromatic rings. The van der Waals surface area contributed by atoms with E-state index in [1.807, 2.05) is 17.8 Å². The average Bonchev–Trinajstić information content (AvgIpc) is 2.98. The first-order valence-electron chi connectivity index (χ1n) is 5.81. The van der Waals surface area contributed by atoms with Gasteiger partial charge in [-0.3, -0.25) is 4.68 Å². The molecule has 0 saturated heterocycles. The zero-order chi connectivity index (χ0) is 11.4. The minimum atomic E-state index is 0. The van der Waals surface area contributed by atoms with Crippen molar-refractivity contribution in [2.45, 2.75) is 32.4 Å². The molecular weight excluding hydrogens is 329 g/mol. The normalized spacial score (nSPS) is 15.3. The van der Waals surface area contributed by atoms with Gasteiger partial charge in [-0.05, 0) is 25.8 Å². The molecule has 96 valence electrons. The highest BCUT2D eigenvalue weighted by Gasteiger charge is 2.21. The van der Waals surface area contributed by atoms with Crippen LogP contribution in [-0.4, -0.2) is 28.3 Å². The van der Waals surface area contributed by atoms with E-state index in [0.717, 1.165) is 18.2 Å². The Morgan fingerprint density at radius 3 is 2.88 bits per heavy atom. The van der Waals surface area contributed by atoms with Gasteiger partial charge in [0.05, 0.1) is 12.2 Å². The summed E-state index contributed by atoms with van der Waals surface area (Å²) in [7, 11) is 1.94. The number of guanidine groups is 1. The Kier molecular flexibility index (Phi) is 5.73. The summed E-state index contributed by atoms with van der Waals surface area (Å²) in [6.07, 6.45) is 4.32. The van der Waals surface area contributed by atoms with Crippen molar-refractivity contribution in [3.8, 4) is 0 Å². The standard InChI is InChI=1S/C11H19N5.HI/c1-3-12-11(15-9-4-5-9)13-8-10-6-7-14-16(10)2;/h6-7,9H,3-5,8H2,1-2H3,(H2,12,13,15);1H. The van der Waals surface area contributed by atoms with Crippen LogP contribution in [0, 0.1) is 0 Å². The summed E-state index contributed by atoms with van der Waals surface area (Å²) in [6, 6.07) is 2.62. The van der Waals surface area contributed by atoms with Gasteiger partial charge in [0.25, 0.3) is 0 Å². The van der Waals surface area contributed by atoms with Gasteiger partial charge in [-0.25, -0.2) is 4.99 Å². The molecule has 1 saturated carbocycles. The minimum Gasteiger partial charge on any atom is -0.357 e. The summed E-state index contributed by atoms with van der Waals surface area (Å²) in [5.74, 6) is 0.909. The molecule has 0 atom stereocenters. The van der Waals surface area contributed by atoms with Crippen LogP contribution in [0.4, 0.5) is 0 Å². The number of halogens is 1. The van der Waals surface area contributed by atoms with E-state index in [1.165, 1.54) is 12.8 Å². The summed E-state index contributed by atoms with van der Waals surface area (Å²) in [5, 5.41) is 10.7. The molecule has 1 aromatic heterocycles. The molecule has 0 aliphatic heterocycles. The first-order chi connectivity index (χ1) is 7.79. The fourth-order valence-electron chi connectivity index (χ4n) is 1.46. The van der Waals surface area contributed by atoms with Gasteiger partial charge in [0.2, 0.25) is 0 Å². The van der Waals surface area contributed by atoms with Gasteiger partial charge in [-0.1, -0.05) is 0 Å². The van der Waals surface area contributed by atoms with Crippen LogP contribution in [-0.2, 0) is 13.6 Å². The third-order valence-corrected chi connectivity index (χ3v) is 2.58. The lowest BCUT2D eigenvalue weighted by atomic mass is 10.4. The molecule has 0 radical (unpaired) electrons. The maximum absolute atomic E-state index is 4.53. The Morgan fingerprint density at radius 1 is 1.59 bits per heavy atom. The zero-order valence-electron chi connectivity index (χ0n) is 10.3. The van der Waals surface area contributed by atoms with Crippen LogP contribution in [0.25, 0.3) is 0 Å². The van der Waals surface area contributed by atoms with Crippen molar-refractivity contribution < 1.29 is 0 Å². The topological polar surface area (TPSA) is 54.2 Å². The van der Waals surface area contributed by atoms with Crippen LogP contribution < -0.4 is 10.6 Å². The van der Waals surface area contributed by atoms with Crippen LogP contribution in [0.15, 0.2) is 17.3 Å². The van der Waals surface area contributed by atoms with Gasteiger partial charge in [0.1, 0.15) is 0 Å². The van der Waals surface area contributed by atoms with Crippen LogP contribution in [0.3, 0.4) is 0 Å². The van der Waals surface area contributed by atoms with E-state index in [4.69, 9.17) is 0 Å². The maximum atomic E-state index is 4.53. The number of aliphatic imine (C=N–C) groups is 1. The fraction of sp³-hybridized carbons (Fsp3) is 0.636. The molecule has 1 aliphatic rings. The quantitative estimate of drug-likeness (QED) is 0.489. The SMILES string of the molecule is CCNC(=NCc1ccnn1C)NC1CC1.I. The second kappa shape index (κ2) is 6.83. The van der Waals surface area contributed by atoms with Crippen LogP contribution in [0.5, 0.6) is 0 Å². The summed E-state index contributed by atoms with van der Waals surface area (Å²) in [4.78, 5) is 4.53. The summed E-state index contributed by atoms with van der Waals surface area (Å²) in [6.45, 7) is 3.64. The Balaban J connectivity index is 0.00000144. The van der Waals surface area contributed by atoms with Gasteiger partial charge in [-0.2, -0.15) is 5.10 Å². The number of aryl methyl sites for hydroxylation is 1. The van der Waals surface area contributed by atoms with E-state index in [0.29, 0.717) is 12.6 Å². The van der Waals surface area contributed by atoms with Gasteiger partial charge in [0.15, 0.2) is 5.96 Å². The number of hydrogen-bond acceptors (Lipinski definition) is 2. The molecule has 1 fully saturated rings. The lowest BCUT2D eigenvalue weighted by molar-refractivity contribution is 0.707. The van der Waals surface area contributed by atoms with E-state index < -0.39 is 0 Å². The highest BCUT2D eigenvalue weighted by Crippen LogP contribution is 2.18. The molecule has 0 bridgehead atoms. The Hall–Kier alpha value is -0.790. The molecule has 0 spiro atoms. The van der Waals surface area contributed by atoms with Crippen LogP contribution >= 0.6 is 24.0 Å². The molecule has 0 unspecified atom stereocenters. The number of nitrogens with one attached hydrogen (secondary N) is 2. The average molecular weight is 349 g/mol. The second-order valence-corrected chi connectivity index (χ2v) is 4.06. The van der Waals surface area contributed by atoms with E-state index in [-0.39, 0.29) is 24.0 Å². The predicted molar refractivity (Wildman–Crippen MR) is 79.6 cm³/mol. The van der Waals surface area contributed by atoms with Gasteiger partial charge >= 0.3 is 0 Å². The second-order valence-electron chi connectivity index (χ2n) is 4.06. The Labute approximate surface area is 119 Å². The summed E-state index contributed by atoms with van der Waals surface area (Å²) in [5.41, 5.74) is 1.12. The van der Waals surface area contributed by atoms with E-state index >= 15 is 0 Å². The predicted octanol–water partition coefficient (Wildman–Crippen LogP) is 1.26. The highest BCUT2D eigenvalue weighted by atomic mass is 127. The Morgan fingerprint density at radius 2 is 2.35 bits per heavy atom. The molecular formula is C11H20IN5. The molecule has 1 aliphatic carbocycles. The number of hydrogen-bond donors (Lipinski definition) is 2. The number of nitrogens with zero attached hydrogens (tertiary/aromatic N) is 3. The molecule has 0 amide bonds. The van der Waals surface area contributed by atoms with Crippen molar-refractivity contribution in [3.05, 3.63) is 18.0 Å². The molecule has 17 heavy (non-hydrogen) atoms. The molecule has 1 heterocycles. The highest BCUT2D eigenvalue weighted by molar-refractivity contribution is 14.0. The largest absolute Gasteiger partial charge is 0.357 e. The molecule has 5 nitrogen and oxygen atoms in total. The fourth-order valence-corrected chi connectivity index (χ4v) is 1.46. The lowest BCUT2D eigenvalue weighted by Crippen LogP contribution is -2.38. The van der Waals surface area contributed by atoms with Crippen molar-refractivity contribution in [2.75, 3.05) is 6.54 Å². The molecule has 0 aromatic carbocycles. The molecule has 2 N–H and O–H groups in total. The Bertz CT molecular complexity index is 370. The third-order valence-electron chi connectivity index (χ3n) is 2.58. The van der Waals surface area contributed by atoms with E-state index in [9.17, 15) is 0 Å². The smallest absolute Gasteiger partial charge is 0.191 e. The lowest BCUT2D eigenvalue weighted by Gasteiger charge is -2.09. The first kappa shape index (κ1) is 14.3. The monoisotopic (exact) mass is 349 g/mol. The van der Waals surface area contributed by atoms with Crippen molar-refractivity contribution in [2.24, 2.45) is 12.0 Å². The summed E-state index contributed by atoms with van der Waals surface area (Å²) < 4.78 is 1.85. The third kappa shape index (κ3) is 4.53. The van der Waals surface area contributed by atoms with Crippen LogP contribution in [0.1, 0.15) is 25.5 Å². The van der Waals surface area contributed by atoms with Crippen molar-refractivity contribution in [1.82, 2.24) is 20.4 Å². The molecule has 6 heteroatoms. The number of rotatable bonds is 4. The van der Waals surface area contributed by atoms with Gasteiger partial charge < -0.3 is 10.6 Å². The summed E-state index contributed by atoms with van der Waals surface area (Å²) >= 11 is 0. The van der Waals surface area contributed by atoms with E-state index in [1.54, 1.807) is 6.20 Å². The first-order valence-corrected chi connectivity index (χ1v) is 5.81. The van der Waals surface area contributed by atoms with Crippen LogP contribution in [0.2, 0.25) is 0 Å². The zero-order valence-corrected chi connectivity index (χ0v) is 12.6. The van der Waals surface area contributed by atoms with E-state index in [2.05, 4.69) is 27.6 Å². The van der Waals surface area contributed by atoms with Crippen molar-refractivity contribution in [3.63, 3.8) is 0 Å². The molecule has 2 rings (SSSR count). The maximum Gasteiger partial charge on any atom is 0.191 e. The van der Waals surface area contributed by atoms with Gasteiger partial charge in [-0.15, -0.1) is 24.0 Å².